The van der Waals surface area contributed by atoms with Gasteiger partial charge in [-0.2, -0.15) is 0 Å². The van der Waals surface area contributed by atoms with Gasteiger partial charge in [0, 0.05) is 35.1 Å². The summed E-state index contributed by atoms with van der Waals surface area (Å²) in [6.45, 7) is 14.6. The van der Waals surface area contributed by atoms with Crippen LogP contribution in [0.5, 0.6) is 0 Å². The van der Waals surface area contributed by atoms with E-state index in [9.17, 15) is 4.79 Å². The van der Waals surface area contributed by atoms with E-state index < -0.39 is 0 Å². The van der Waals surface area contributed by atoms with Crippen LogP contribution in [0.4, 0.5) is 0 Å². The number of aryl methyl sites for hydroxylation is 3. The second-order valence-corrected chi connectivity index (χ2v) is 5.78. The van der Waals surface area contributed by atoms with Crippen LogP contribution in [0.1, 0.15) is 46.9 Å². The van der Waals surface area contributed by atoms with Crippen LogP contribution < -0.4 is 0 Å². The van der Waals surface area contributed by atoms with Gasteiger partial charge in [0.2, 0.25) is 0 Å². The number of rotatable bonds is 7. The summed E-state index contributed by atoms with van der Waals surface area (Å²) in [5.41, 5.74) is 5.42. The van der Waals surface area contributed by atoms with Gasteiger partial charge in [0.1, 0.15) is 0 Å². The Kier molecular flexibility index (Phi) is 5.38. The maximum absolute atomic E-state index is 12.4. The summed E-state index contributed by atoms with van der Waals surface area (Å²) in [4.78, 5) is 12.4. The molecule has 23 heavy (non-hydrogen) atoms. The van der Waals surface area contributed by atoms with Crippen molar-refractivity contribution in [2.45, 2.75) is 40.2 Å². The Morgan fingerprint density at radius 2 is 2.00 bits per heavy atom. The summed E-state index contributed by atoms with van der Waals surface area (Å²) in [7, 11) is 0. The largest absolute Gasteiger partial charge is 0.341 e. The molecule has 0 saturated heterocycles. The first-order valence-corrected chi connectivity index (χ1v) is 8.11. The average molecular weight is 307 g/mol. The standard InChI is InChI=1S/C21H25NO/c1-6-9-11-19-16(5)18-13-15(4)17(21(23)12-10-7-2)14-20(18)22(19)8-3/h6-7,9,11,13-14H,1-2,8,10,12H2,3-5H3/b11-9-. The Balaban J connectivity index is 2.66. The quantitative estimate of drug-likeness (QED) is 0.369. The van der Waals surface area contributed by atoms with E-state index in [0.29, 0.717) is 6.42 Å². The third-order valence-electron chi connectivity index (χ3n) is 4.29. The van der Waals surface area contributed by atoms with Gasteiger partial charge in [-0.15, -0.1) is 6.58 Å². The van der Waals surface area contributed by atoms with Crippen LogP contribution >= 0.6 is 0 Å². The van der Waals surface area contributed by atoms with E-state index in [1.807, 2.05) is 13.0 Å². The van der Waals surface area contributed by atoms with Crippen molar-refractivity contribution < 1.29 is 4.79 Å². The number of aromatic nitrogens is 1. The molecule has 120 valence electrons. The molecule has 2 rings (SSSR count). The van der Waals surface area contributed by atoms with Crippen LogP contribution in [0.25, 0.3) is 17.0 Å². The molecule has 1 aromatic heterocycles. The van der Waals surface area contributed by atoms with Gasteiger partial charge in [-0.05, 0) is 56.5 Å². The molecule has 0 radical (unpaired) electrons. The van der Waals surface area contributed by atoms with Gasteiger partial charge in [-0.3, -0.25) is 4.79 Å². The van der Waals surface area contributed by atoms with E-state index in [0.717, 1.165) is 29.6 Å². The van der Waals surface area contributed by atoms with E-state index in [1.54, 1.807) is 12.2 Å². The number of hydrogen-bond donors (Lipinski definition) is 0. The van der Waals surface area contributed by atoms with Crippen LogP contribution in [0.3, 0.4) is 0 Å². The molecule has 0 amide bonds. The summed E-state index contributed by atoms with van der Waals surface area (Å²) >= 11 is 0. The van der Waals surface area contributed by atoms with Crippen molar-refractivity contribution in [1.29, 1.82) is 0 Å². The number of fused-ring (bicyclic) bond motifs is 1. The summed E-state index contributed by atoms with van der Waals surface area (Å²) in [6.07, 6.45) is 8.86. The fraction of sp³-hybridized carbons (Fsp3) is 0.286. The first-order chi connectivity index (χ1) is 11.0. The molecular weight excluding hydrogens is 282 g/mol. The van der Waals surface area contributed by atoms with Crippen molar-refractivity contribution in [3.63, 3.8) is 0 Å². The minimum absolute atomic E-state index is 0.189. The molecule has 2 heteroatoms. The van der Waals surface area contributed by atoms with E-state index in [-0.39, 0.29) is 5.78 Å². The van der Waals surface area contributed by atoms with Crippen molar-refractivity contribution in [2.75, 3.05) is 0 Å². The molecule has 0 spiro atoms. The maximum atomic E-state index is 12.4. The van der Waals surface area contributed by atoms with Crippen LogP contribution in [0, 0.1) is 13.8 Å². The second kappa shape index (κ2) is 7.28. The van der Waals surface area contributed by atoms with Gasteiger partial charge < -0.3 is 4.57 Å². The van der Waals surface area contributed by atoms with Crippen LogP contribution in [0.15, 0.2) is 43.5 Å². The summed E-state index contributed by atoms with van der Waals surface area (Å²) in [6, 6.07) is 4.20. The molecule has 0 unspecified atom stereocenters. The Labute approximate surface area is 138 Å². The van der Waals surface area contributed by atoms with Crippen LogP contribution in [0.2, 0.25) is 0 Å². The predicted molar refractivity (Wildman–Crippen MR) is 100 cm³/mol. The molecule has 0 aliphatic carbocycles. The lowest BCUT2D eigenvalue weighted by molar-refractivity contribution is 0.0983. The zero-order valence-electron chi connectivity index (χ0n) is 14.4. The number of carbonyl (C=O) groups excluding carboxylic acids is 1. The van der Waals surface area contributed by atoms with Gasteiger partial charge in [-0.25, -0.2) is 0 Å². The Morgan fingerprint density at radius 3 is 2.61 bits per heavy atom. The van der Waals surface area contributed by atoms with Gasteiger partial charge in [0.15, 0.2) is 5.78 Å². The zero-order valence-corrected chi connectivity index (χ0v) is 14.4. The third kappa shape index (κ3) is 3.21. The van der Waals surface area contributed by atoms with E-state index >= 15 is 0 Å². The van der Waals surface area contributed by atoms with Crippen LogP contribution in [-0.4, -0.2) is 10.4 Å². The Morgan fingerprint density at radius 1 is 1.26 bits per heavy atom. The topological polar surface area (TPSA) is 22.0 Å². The molecule has 1 aromatic carbocycles. The lowest BCUT2D eigenvalue weighted by Gasteiger charge is -2.08. The molecule has 0 aliphatic heterocycles. The summed E-state index contributed by atoms with van der Waals surface area (Å²) < 4.78 is 2.26. The highest BCUT2D eigenvalue weighted by molar-refractivity contribution is 6.02. The molecular formula is C21H25NO. The van der Waals surface area contributed by atoms with Crippen molar-refractivity contribution in [3.05, 3.63) is 65.9 Å². The first kappa shape index (κ1) is 17.0. The minimum atomic E-state index is 0.189. The van der Waals surface area contributed by atoms with Crippen LogP contribution in [-0.2, 0) is 6.54 Å². The fourth-order valence-corrected chi connectivity index (χ4v) is 3.07. The SMILES string of the molecule is C=C/C=C\c1c(C)c2cc(C)c(C(=O)CCC=C)cc2n1CC. The number of allylic oxidation sites excluding steroid dienone is 3. The van der Waals surface area contributed by atoms with E-state index in [2.05, 4.69) is 49.8 Å². The van der Waals surface area contributed by atoms with E-state index in [4.69, 9.17) is 0 Å². The lowest BCUT2D eigenvalue weighted by Crippen LogP contribution is -2.03. The van der Waals surface area contributed by atoms with Crippen molar-refractivity contribution in [3.8, 4) is 0 Å². The normalized spacial score (nSPS) is 11.3. The number of nitrogens with zero attached hydrogens (tertiary/aromatic N) is 1. The van der Waals surface area contributed by atoms with Gasteiger partial charge in [-0.1, -0.05) is 24.8 Å². The molecule has 1 heterocycles. The molecule has 2 nitrogen and oxygen atoms in total. The predicted octanol–water partition coefficient (Wildman–Crippen LogP) is 5.63. The van der Waals surface area contributed by atoms with Gasteiger partial charge >= 0.3 is 0 Å². The molecule has 0 bridgehead atoms. The number of Topliss-reactive ketones (excluding diaryl/α,β-unsaturated/α-hetero) is 1. The van der Waals surface area contributed by atoms with Crippen molar-refractivity contribution >= 4 is 22.8 Å². The van der Waals surface area contributed by atoms with E-state index in [1.165, 1.54) is 16.6 Å². The van der Waals surface area contributed by atoms with Crippen molar-refractivity contribution in [1.82, 2.24) is 4.57 Å². The van der Waals surface area contributed by atoms with Crippen molar-refractivity contribution in [2.24, 2.45) is 0 Å². The maximum Gasteiger partial charge on any atom is 0.163 e. The third-order valence-corrected chi connectivity index (χ3v) is 4.29. The zero-order chi connectivity index (χ0) is 17.0. The number of carbonyl (C=O) groups is 1. The number of hydrogen-bond acceptors (Lipinski definition) is 1. The second-order valence-electron chi connectivity index (χ2n) is 5.78. The molecule has 2 aromatic rings. The highest BCUT2D eigenvalue weighted by Crippen LogP contribution is 2.30. The molecule has 0 fully saturated rings. The lowest BCUT2D eigenvalue weighted by atomic mass is 9.98. The fourth-order valence-electron chi connectivity index (χ4n) is 3.07. The number of ketones is 1. The number of benzene rings is 1. The minimum Gasteiger partial charge on any atom is -0.341 e. The monoisotopic (exact) mass is 307 g/mol. The summed E-state index contributed by atoms with van der Waals surface area (Å²) in [5, 5.41) is 1.22. The smallest absolute Gasteiger partial charge is 0.163 e. The highest BCUT2D eigenvalue weighted by Gasteiger charge is 2.16. The Bertz CT molecular complexity index is 790. The average Bonchev–Trinajstić information content (AvgIpc) is 2.81. The highest BCUT2D eigenvalue weighted by atomic mass is 16.1. The molecule has 0 aliphatic rings. The summed E-state index contributed by atoms with van der Waals surface area (Å²) in [5.74, 6) is 0.189. The molecule has 0 N–H and O–H groups in total. The first-order valence-electron chi connectivity index (χ1n) is 8.11. The molecule has 0 atom stereocenters. The molecule has 0 saturated carbocycles. The van der Waals surface area contributed by atoms with Gasteiger partial charge in [0.25, 0.3) is 0 Å². The Hall–Kier alpha value is -2.35. The van der Waals surface area contributed by atoms with Gasteiger partial charge in [0.05, 0.1) is 0 Å².